The molecule has 0 spiro atoms. The lowest BCUT2D eigenvalue weighted by Gasteiger charge is -2.07. The zero-order valence-corrected chi connectivity index (χ0v) is 11.5. The Hall–Kier alpha value is -0.780. The predicted octanol–water partition coefficient (Wildman–Crippen LogP) is 3.82. The van der Waals surface area contributed by atoms with Crippen molar-refractivity contribution in [1.82, 2.24) is 4.98 Å². The molecule has 16 heavy (non-hydrogen) atoms. The second-order valence-corrected chi connectivity index (χ2v) is 5.77. The van der Waals surface area contributed by atoms with Crippen LogP contribution in [0.5, 0.6) is 5.75 Å². The molecular formula is C10H8BrClN2OS. The van der Waals surface area contributed by atoms with Crippen molar-refractivity contribution in [3.8, 4) is 17.0 Å². The van der Waals surface area contributed by atoms with Crippen molar-refractivity contribution < 1.29 is 4.74 Å². The van der Waals surface area contributed by atoms with E-state index in [1.165, 1.54) is 11.3 Å². The number of rotatable bonds is 2. The molecule has 1 heterocycles. The van der Waals surface area contributed by atoms with E-state index in [-0.39, 0.29) is 0 Å². The molecule has 1 aromatic heterocycles. The van der Waals surface area contributed by atoms with E-state index in [9.17, 15) is 0 Å². The summed E-state index contributed by atoms with van der Waals surface area (Å²) in [5.41, 5.74) is 7.37. The summed E-state index contributed by atoms with van der Waals surface area (Å²) in [7, 11) is 1.60. The topological polar surface area (TPSA) is 48.1 Å². The lowest BCUT2D eigenvalue weighted by molar-refractivity contribution is 0.416. The van der Waals surface area contributed by atoms with Crippen LogP contribution in [0.1, 0.15) is 0 Å². The zero-order chi connectivity index (χ0) is 11.7. The number of thiazole rings is 1. The third-order valence-corrected chi connectivity index (χ3v) is 3.61. The standard InChI is InChI=1S/C10H8BrClN2OS/c1-15-7-3-2-5(12)4-6(7)8-9(13)16-10(11)14-8/h2-4H,13H2,1H3. The normalized spacial score (nSPS) is 10.4. The number of benzene rings is 1. The van der Waals surface area contributed by atoms with Gasteiger partial charge < -0.3 is 10.5 Å². The number of hydrogen-bond acceptors (Lipinski definition) is 4. The number of nitrogens with zero attached hydrogens (tertiary/aromatic N) is 1. The number of halogens is 2. The van der Waals surface area contributed by atoms with Crippen LogP contribution in [-0.4, -0.2) is 12.1 Å². The summed E-state index contributed by atoms with van der Waals surface area (Å²) < 4.78 is 5.99. The van der Waals surface area contributed by atoms with Crippen LogP contribution >= 0.6 is 38.9 Å². The minimum Gasteiger partial charge on any atom is -0.496 e. The molecule has 0 radical (unpaired) electrons. The monoisotopic (exact) mass is 318 g/mol. The van der Waals surface area contributed by atoms with Gasteiger partial charge in [0.15, 0.2) is 3.92 Å². The van der Waals surface area contributed by atoms with Crippen molar-refractivity contribution in [1.29, 1.82) is 0 Å². The molecule has 0 aliphatic carbocycles. The highest BCUT2D eigenvalue weighted by atomic mass is 79.9. The largest absolute Gasteiger partial charge is 0.496 e. The highest BCUT2D eigenvalue weighted by Gasteiger charge is 2.14. The van der Waals surface area contributed by atoms with Crippen molar-refractivity contribution >= 4 is 43.9 Å². The number of methoxy groups -OCH3 is 1. The number of nitrogen functional groups attached to an aromatic ring is 1. The van der Waals surface area contributed by atoms with Gasteiger partial charge in [-0.3, -0.25) is 0 Å². The lowest BCUT2D eigenvalue weighted by atomic mass is 10.1. The second kappa shape index (κ2) is 4.61. The van der Waals surface area contributed by atoms with Crippen LogP contribution in [0, 0.1) is 0 Å². The van der Waals surface area contributed by atoms with E-state index in [0.717, 1.165) is 9.48 Å². The van der Waals surface area contributed by atoms with E-state index in [0.29, 0.717) is 21.5 Å². The molecule has 84 valence electrons. The molecule has 0 fully saturated rings. The Morgan fingerprint density at radius 2 is 2.25 bits per heavy atom. The van der Waals surface area contributed by atoms with Crippen LogP contribution in [0.15, 0.2) is 22.1 Å². The highest BCUT2D eigenvalue weighted by molar-refractivity contribution is 9.11. The maximum atomic E-state index is 5.95. The Morgan fingerprint density at radius 1 is 1.50 bits per heavy atom. The predicted molar refractivity (Wildman–Crippen MR) is 71.2 cm³/mol. The van der Waals surface area contributed by atoms with Gasteiger partial charge in [0.05, 0.1) is 7.11 Å². The third-order valence-electron chi connectivity index (χ3n) is 2.04. The molecule has 2 N–H and O–H groups in total. The van der Waals surface area contributed by atoms with Crippen LogP contribution in [0.25, 0.3) is 11.3 Å². The Bertz CT molecular complexity index is 530. The smallest absolute Gasteiger partial charge is 0.161 e. The highest BCUT2D eigenvalue weighted by Crippen LogP contribution is 2.39. The first-order valence-electron chi connectivity index (χ1n) is 4.37. The summed E-state index contributed by atoms with van der Waals surface area (Å²) >= 11 is 10.6. The Morgan fingerprint density at radius 3 is 2.81 bits per heavy atom. The van der Waals surface area contributed by atoms with Gasteiger partial charge in [-0.25, -0.2) is 4.98 Å². The van der Waals surface area contributed by atoms with Crippen molar-refractivity contribution in [3.05, 3.63) is 27.1 Å². The van der Waals surface area contributed by atoms with Gasteiger partial charge in [0, 0.05) is 10.6 Å². The van der Waals surface area contributed by atoms with Crippen molar-refractivity contribution in [2.24, 2.45) is 0 Å². The molecule has 3 nitrogen and oxygen atoms in total. The van der Waals surface area contributed by atoms with E-state index in [4.69, 9.17) is 22.1 Å². The van der Waals surface area contributed by atoms with Crippen molar-refractivity contribution in [2.75, 3.05) is 12.8 Å². The summed E-state index contributed by atoms with van der Waals surface area (Å²) in [4.78, 5) is 4.30. The van der Waals surface area contributed by atoms with Crippen LogP contribution < -0.4 is 10.5 Å². The number of ether oxygens (including phenoxy) is 1. The molecular weight excluding hydrogens is 312 g/mol. The average Bonchev–Trinajstić information content (AvgIpc) is 2.57. The number of hydrogen-bond donors (Lipinski definition) is 1. The number of anilines is 1. The van der Waals surface area contributed by atoms with Crippen molar-refractivity contribution in [3.63, 3.8) is 0 Å². The fourth-order valence-electron chi connectivity index (χ4n) is 1.36. The Labute approximate surface area is 110 Å². The molecule has 0 unspecified atom stereocenters. The molecule has 6 heteroatoms. The number of nitrogens with two attached hydrogens (primary N) is 1. The molecule has 0 saturated heterocycles. The minimum absolute atomic E-state index is 0.624. The average molecular weight is 320 g/mol. The van der Waals surface area contributed by atoms with Gasteiger partial charge in [-0.05, 0) is 34.1 Å². The SMILES string of the molecule is COc1ccc(Cl)cc1-c1nc(Br)sc1N. The van der Waals surface area contributed by atoms with E-state index in [2.05, 4.69) is 20.9 Å². The second-order valence-electron chi connectivity index (χ2n) is 3.02. The third kappa shape index (κ3) is 2.16. The molecule has 0 aliphatic heterocycles. The van der Waals surface area contributed by atoms with Gasteiger partial charge in [-0.1, -0.05) is 22.9 Å². The number of aromatic nitrogens is 1. The molecule has 0 atom stereocenters. The fourth-order valence-corrected chi connectivity index (χ4v) is 2.81. The Balaban J connectivity index is 2.62. The fraction of sp³-hybridized carbons (Fsp3) is 0.100. The summed E-state index contributed by atoms with van der Waals surface area (Å²) in [6, 6.07) is 5.35. The first kappa shape index (κ1) is 11.7. The summed E-state index contributed by atoms with van der Waals surface area (Å²) in [5.74, 6) is 0.703. The summed E-state index contributed by atoms with van der Waals surface area (Å²) in [6.45, 7) is 0. The Kier molecular flexibility index (Phi) is 3.37. The minimum atomic E-state index is 0.624. The van der Waals surface area contributed by atoms with Gasteiger partial charge in [-0.15, -0.1) is 0 Å². The quantitative estimate of drug-likeness (QED) is 0.915. The van der Waals surface area contributed by atoms with Gasteiger partial charge in [0.25, 0.3) is 0 Å². The van der Waals surface area contributed by atoms with Gasteiger partial charge >= 0.3 is 0 Å². The molecule has 0 saturated carbocycles. The van der Waals surface area contributed by atoms with Gasteiger partial charge in [0.1, 0.15) is 16.4 Å². The zero-order valence-electron chi connectivity index (χ0n) is 8.33. The maximum Gasteiger partial charge on any atom is 0.161 e. The van der Waals surface area contributed by atoms with Crippen LogP contribution in [0.4, 0.5) is 5.00 Å². The molecule has 0 bridgehead atoms. The summed E-state index contributed by atoms with van der Waals surface area (Å²) in [5, 5.41) is 1.26. The van der Waals surface area contributed by atoms with Crippen LogP contribution in [-0.2, 0) is 0 Å². The van der Waals surface area contributed by atoms with Crippen LogP contribution in [0.3, 0.4) is 0 Å². The van der Waals surface area contributed by atoms with E-state index in [1.807, 2.05) is 0 Å². The lowest BCUT2D eigenvalue weighted by Crippen LogP contribution is -1.91. The first-order chi connectivity index (χ1) is 7.61. The first-order valence-corrected chi connectivity index (χ1v) is 6.36. The van der Waals surface area contributed by atoms with Crippen LogP contribution in [0.2, 0.25) is 5.02 Å². The molecule has 0 aliphatic rings. The molecule has 2 aromatic rings. The molecule has 0 amide bonds. The van der Waals surface area contributed by atoms with E-state index in [1.54, 1.807) is 25.3 Å². The molecule has 2 rings (SSSR count). The molecule has 1 aromatic carbocycles. The van der Waals surface area contributed by atoms with Gasteiger partial charge in [0.2, 0.25) is 0 Å². The maximum absolute atomic E-state index is 5.95. The van der Waals surface area contributed by atoms with E-state index < -0.39 is 0 Å². The summed E-state index contributed by atoms with van der Waals surface area (Å²) in [6.07, 6.45) is 0. The van der Waals surface area contributed by atoms with Gasteiger partial charge in [-0.2, -0.15) is 0 Å². The van der Waals surface area contributed by atoms with Crippen molar-refractivity contribution in [2.45, 2.75) is 0 Å². The van der Waals surface area contributed by atoms with E-state index >= 15 is 0 Å².